The van der Waals surface area contributed by atoms with Gasteiger partial charge in [-0.2, -0.15) is 0 Å². The second-order valence-corrected chi connectivity index (χ2v) is 5.42. The largest absolute Gasteiger partial charge is 0.508 e. The molecule has 2 nitrogen and oxygen atoms in total. The average molecular weight is 271 g/mol. The second kappa shape index (κ2) is 5.25. The zero-order valence-electron chi connectivity index (χ0n) is 11.4. The van der Waals surface area contributed by atoms with Crippen LogP contribution in [0, 0.1) is 5.82 Å². The Hall–Kier alpha value is -1.87. The number of aryl methyl sites for hydroxylation is 1. The van der Waals surface area contributed by atoms with Crippen LogP contribution < -0.4 is 5.32 Å². The summed E-state index contributed by atoms with van der Waals surface area (Å²) in [4.78, 5) is 0. The molecule has 0 radical (unpaired) electrons. The standard InChI is InChI=1S/C17H18FNO/c1-11(12-3-2-4-14(18)9-12)19-17-8-5-13-10-15(20)6-7-16(13)17/h2-4,6-7,9-11,17,19-20H,5,8H2,1H3. The average Bonchev–Trinajstić information content (AvgIpc) is 2.81. The van der Waals surface area contributed by atoms with E-state index in [1.54, 1.807) is 18.2 Å². The summed E-state index contributed by atoms with van der Waals surface area (Å²) in [6, 6.07) is 12.6. The van der Waals surface area contributed by atoms with Gasteiger partial charge in [0.15, 0.2) is 0 Å². The predicted molar refractivity (Wildman–Crippen MR) is 77.1 cm³/mol. The van der Waals surface area contributed by atoms with Crippen LogP contribution in [0.1, 0.15) is 42.1 Å². The highest BCUT2D eigenvalue weighted by Crippen LogP contribution is 2.34. The minimum atomic E-state index is -0.201. The summed E-state index contributed by atoms with van der Waals surface area (Å²) in [6.45, 7) is 2.05. The topological polar surface area (TPSA) is 32.3 Å². The number of phenolic OH excluding ortho intramolecular Hbond substituents is 1. The molecule has 20 heavy (non-hydrogen) atoms. The number of halogens is 1. The van der Waals surface area contributed by atoms with Crippen molar-refractivity contribution in [3.05, 3.63) is 65.0 Å². The molecule has 0 fully saturated rings. The Morgan fingerprint density at radius 2 is 2.10 bits per heavy atom. The zero-order valence-corrected chi connectivity index (χ0v) is 11.4. The van der Waals surface area contributed by atoms with E-state index in [2.05, 4.69) is 5.32 Å². The van der Waals surface area contributed by atoms with Crippen molar-refractivity contribution in [1.29, 1.82) is 0 Å². The molecule has 2 aromatic rings. The highest BCUT2D eigenvalue weighted by atomic mass is 19.1. The van der Waals surface area contributed by atoms with E-state index in [0.717, 1.165) is 18.4 Å². The van der Waals surface area contributed by atoms with Gasteiger partial charge >= 0.3 is 0 Å². The quantitative estimate of drug-likeness (QED) is 0.888. The number of nitrogens with one attached hydrogen (secondary N) is 1. The molecule has 0 aromatic heterocycles. The Morgan fingerprint density at radius 1 is 1.25 bits per heavy atom. The molecule has 0 spiro atoms. The van der Waals surface area contributed by atoms with Gasteiger partial charge in [0.1, 0.15) is 11.6 Å². The first-order valence-corrected chi connectivity index (χ1v) is 6.97. The predicted octanol–water partition coefficient (Wildman–Crippen LogP) is 3.87. The van der Waals surface area contributed by atoms with E-state index in [4.69, 9.17) is 0 Å². The van der Waals surface area contributed by atoms with E-state index in [1.807, 2.05) is 25.1 Å². The van der Waals surface area contributed by atoms with Gasteiger partial charge in [-0.3, -0.25) is 0 Å². The number of hydrogen-bond donors (Lipinski definition) is 2. The van der Waals surface area contributed by atoms with Crippen molar-refractivity contribution in [2.24, 2.45) is 0 Å². The van der Waals surface area contributed by atoms with E-state index < -0.39 is 0 Å². The van der Waals surface area contributed by atoms with Gasteiger partial charge in [-0.1, -0.05) is 18.2 Å². The number of aromatic hydroxyl groups is 1. The molecule has 0 saturated carbocycles. The Balaban J connectivity index is 1.77. The highest BCUT2D eigenvalue weighted by molar-refractivity contribution is 5.40. The molecule has 0 saturated heterocycles. The maximum Gasteiger partial charge on any atom is 0.123 e. The summed E-state index contributed by atoms with van der Waals surface area (Å²) in [7, 11) is 0. The van der Waals surface area contributed by atoms with Gasteiger partial charge < -0.3 is 10.4 Å². The monoisotopic (exact) mass is 271 g/mol. The Labute approximate surface area is 118 Å². The van der Waals surface area contributed by atoms with Gasteiger partial charge in [0.2, 0.25) is 0 Å². The van der Waals surface area contributed by atoms with Crippen molar-refractivity contribution < 1.29 is 9.50 Å². The number of phenols is 1. The molecule has 1 aliphatic rings. The molecule has 2 N–H and O–H groups in total. The molecule has 2 aromatic carbocycles. The van der Waals surface area contributed by atoms with Crippen LogP contribution in [0.3, 0.4) is 0 Å². The van der Waals surface area contributed by atoms with Gasteiger partial charge in [0.25, 0.3) is 0 Å². The van der Waals surface area contributed by atoms with Gasteiger partial charge in [-0.05, 0) is 60.7 Å². The summed E-state index contributed by atoms with van der Waals surface area (Å²) in [5.74, 6) is 0.121. The molecule has 0 bridgehead atoms. The van der Waals surface area contributed by atoms with Crippen LogP contribution >= 0.6 is 0 Å². The van der Waals surface area contributed by atoms with Crippen molar-refractivity contribution in [1.82, 2.24) is 5.32 Å². The molecule has 2 unspecified atom stereocenters. The van der Waals surface area contributed by atoms with Crippen LogP contribution in [0.15, 0.2) is 42.5 Å². The SMILES string of the molecule is CC(NC1CCc2cc(O)ccc21)c1cccc(F)c1. The molecule has 0 heterocycles. The third-order valence-electron chi connectivity index (χ3n) is 4.00. The fourth-order valence-electron chi connectivity index (χ4n) is 2.95. The third kappa shape index (κ3) is 2.54. The fourth-order valence-corrected chi connectivity index (χ4v) is 2.95. The molecule has 3 rings (SSSR count). The van der Waals surface area contributed by atoms with Gasteiger partial charge in [0.05, 0.1) is 0 Å². The summed E-state index contributed by atoms with van der Waals surface area (Å²) >= 11 is 0. The lowest BCUT2D eigenvalue weighted by molar-refractivity contribution is 0.462. The van der Waals surface area contributed by atoms with E-state index in [9.17, 15) is 9.50 Å². The summed E-state index contributed by atoms with van der Waals surface area (Å²) in [6.07, 6.45) is 1.98. The maximum atomic E-state index is 13.3. The minimum Gasteiger partial charge on any atom is -0.508 e. The molecular formula is C17H18FNO. The lowest BCUT2D eigenvalue weighted by Crippen LogP contribution is -2.23. The maximum absolute atomic E-state index is 13.3. The van der Waals surface area contributed by atoms with Crippen LogP contribution in [-0.2, 0) is 6.42 Å². The highest BCUT2D eigenvalue weighted by Gasteiger charge is 2.24. The molecule has 3 heteroatoms. The lowest BCUT2D eigenvalue weighted by atomic mass is 10.0. The first-order valence-electron chi connectivity index (χ1n) is 6.97. The Kier molecular flexibility index (Phi) is 3.45. The molecular weight excluding hydrogens is 253 g/mol. The molecule has 104 valence electrons. The molecule has 0 aliphatic heterocycles. The van der Waals surface area contributed by atoms with Crippen LogP contribution in [0.25, 0.3) is 0 Å². The first kappa shape index (κ1) is 13.1. The smallest absolute Gasteiger partial charge is 0.123 e. The molecule has 1 aliphatic carbocycles. The fraction of sp³-hybridized carbons (Fsp3) is 0.294. The summed E-state index contributed by atoms with van der Waals surface area (Å²) in [5, 5.41) is 13.1. The van der Waals surface area contributed by atoms with E-state index in [-0.39, 0.29) is 17.9 Å². The van der Waals surface area contributed by atoms with Crippen molar-refractivity contribution in [3.63, 3.8) is 0 Å². The van der Waals surface area contributed by atoms with Crippen molar-refractivity contribution in [2.45, 2.75) is 31.8 Å². The third-order valence-corrected chi connectivity index (χ3v) is 4.00. The molecule has 2 atom stereocenters. The Bertz CT molecular complexity index is 626. The van der Waals surface area contributed by atoms with Crippen molar-refractivity contribution >= 4 is 0 Å². The van der Waals surface area contributed by atoms with Crippen LogP contribution in [-0.4, -0.2) is 5.11 Å². The van der Waals surface area contributed by atoms with Gasteiger partial charge in [-0.25, -0.2) is 4.39 Å². The number of rotatable bonds is 3. The number of fused-ring (bicyclic) bond motifs is 1. The second-order valence-electron chi connectivity index (χ2n) is 5.42. The van der Waals surface area contributed by atoms with Crippen molar-refractivity contribution in [2.75, 3.05) is 0 Å². The normalized spacial score (nSPS) is 18.8. The zero-order chi connectivity index (χ0) is 14.1. The number of hydrogen-bond acceptors (Lipinski definition) is 2. The minimum absolute atomic E-state index is 0.0930. The lowest BCUT2D eigenvalue weighted by Gasteiger charge is -2.21. The van der Waals surface area contributed by atoms with Crippen LogP contribution in [0.5, 0.6) is 5.75 Å². The number of benzene rings is 2. The van der Waals surface area contributed by atoms with Crippen LogP contribution in [0.2, 0.25) is 0 Å². The molecule has 0 amide bonds. The van der Waals surface area contributed by atoms with Crippen LogP contribution in [0.4, 0.5) is 4.39 Å². The van der Waals surface area contributed by atoms with E-state index >= 15 is 0 Å². The summed E-state index contributed by atoms with van der Waals surface area (Å²) in [5.41, 5.74) is 3.40. The van der Waals surface area contributed by atoms with E-state index in [1.165, 1.54) is 17.2 Å². The Morgan fingerprint density at radius 3 is 2.90 bits per heavy atom. The van der Waals surface area contributed by atoms with Gasteiger partial charge in [-0.15, -0.1) is 0 Å². The van der Waals surface area contributed by atoms with E-state index in [0.29, 0.717) is 5.75 Å². The van der Waals surface area contributed by atoms with Crippen molar-refractivity contribution in [3.8, 4) is 5.75 Å². The van der Waals surface area contributed by atoms with Gasteiger partial charge in [0, 0.05) is 12.1 Å². The first-order chi connectivity index (χ1) is 9.63. The summed E-state index contributed by atoms with van der Waals surface area (Å²) < 4.78 is 13.3.